The van der Waals surface area contributed by atoms with E-state index in [-0.39, 0.29) is 36.1 Å². The van der Waals surface area contributed by atoms with Crippen molar-refractivity contribution in [2.24, 2.45) is 11.7 Å². The minimum atomic E-state index is -3.88. The summed E-state index contributed by atoms with van der Waals surface area (Å²) in [5, 5.41) is 4.10. The van der Waals surface area contributed by atoms with E-state index in [1.165, 1.54) is 6.07 Å². The highest BCUT2D eigenvalue weighted by Gasteiger charge is 2.34. The second-order valence-corrected chi connectivity index (χ2v) is 11.4. The van der Waals surface area contributed by atoms with Gasteiger partial charge in [0.05, 0.1) is 10.9 Å². The lowest BCUT2D eigenvalue weighted by atomic mass is 9.90. The van der Waals surface area contributed by atoms with Crippen LogP contribution in [-0.2, 0) is 14.8 Å². The Kier molecular flexibility index (Phi) is 9.30. The number of likely N-dealkylation sites (tertiary alicyclic amines) is 1. The van der Waals surface area contributed by atoms with Crippen LogP contribution in [0.2, 0.25) is 0 Å². The Balaban J connectivity index is 0.00000400. The summed E-state index contributed by atoms with van der Waals surface area (Å²) in [7, 11) is -3.88. The van der Waals surface area contributed by atoms with Gasteiger partial charge in [-0.05, 0) is 49.9 Å². The van der Waals surface area contributed by atoms with Crippen LogP contribution >= 0.6 is 0 Å². The van der Waals surface area contributed by atoms with Gasteiger partial charge in [-0.1, -0.05) is 63.2 Å². The summed E-state index contributed by atoms with van der Waals surface area (Å²) in [5.41, 5.74) is 7.72. The number of piperidine rings is 1. The standard InChI is InChI=1S/C28H34N4O4S.CH4/c1-4-20-17-32(28(34)19(3)29)16-15-24(20)31-37(35,36)26-14-13-25(22-11-7-8-12-23(22)26)30-27(33)21-10-6-5-9-18(21)2;/h5-14,19-20,24,31H,4,15-17,29H2,1-3H3,(H,30,33);1H4/t19-,20+,24-;/m0./s1. The zero-order valence-corrected chi connectivity index (χ0v) is 22.2. The molecule has 0 radical (unpaired) electrons. The fraction of sp³-hybridized carbons (Fsp3) is 0.379. The van der Waals surface area contributed by atoms with Crippen molar-refractivity contribution in [2.75, 3.05) is 18.4 Å². The van der Waals surface area contributed by atoms with Crippen LogP contribution in [0.5, 0.6) is 0 Å². The summed E-state index contributed by atoms with van der Waals surface area (Å²) in [5.74, 6) is -0.393. The fourth-order valence-electron chi connectivity index (χ4n) is 4.98. The summed E-state index contributed by atoms with van der Waals surface area (Å²) in [4.78, 5) is 27.2. The number of amides is 2. The van der Waals surface area contributed by atoms with Crippen molar-refractivity contribution < 1.29 is 18.0 Å². The molecule has 0 aliphatic carbocycles. The molecule has 4 rings (SSSR count). The number of fused-ring (bicyclic) bond motifs is 1. The number of hydrogen-bond acceptors (Lipinski definition) is 5. The molecule has 0 aromatic heterocycles. The molecule has 1 saturated heterocycles. The zero-order valence-electron chi connectivity index (χ0n) is 21.4. The number of nitrogens with zero attached hydrogens (tertiary/aromatic N) is 1. The molecule has 1 aliphatic heterocycles. The fourth-order valence-corrected chi connectivity index (χ4v) is 6.53. The van der Waals surface area contributed by atoms with Crippen LogP contribution in [0.3, 0.4) is 0 Å². The monoisotopic (exact) mass is 538 g/mol. The van der Waals surface area contributed by atoms with Gasteiger partial charge in [-0.3, -0.25) is 9.59 Å². The Morgan fingerprint density at radius 2 is 1.71 bits per heavy atom. The zero-order chi connectivity index (χ0) is 26.7. The first kappa shape index (κ1) is 29.3. The van der Waals surface area contributed by atoms with Gasteiger partial charge >= 0.3 is 0 Å². The predicted molar refractivity (Wildman–Crippen MR) is 153 cm³/mol. The highest BCUT2D eigenvalue weighted by atomic mass is 32.2. The number of aryl methyl sites for hydroxylation is 1. The van der Waals surface area contributed by atoms with E-state index < -0.39 is 16.1 Å². The molecule has 8 nitrogen and oxygen atoms in total. The number of benzene rings is 3. The molecule has 1 heterocycles. The van der Waals surface area contributed by atoms with Crippen molar-refractivity contribution in [3.8, 4) is 0 Å². The molecular formula is C29H38N4O4S. The third-order valence-corrected chi connectivity index (χ3v) is 8.63. The smallest absolute Gasteiger partial charge is 0.255 e. The highest BCUT2D eigenvalue weighted by molar-refractivity contribution is 7.89. The van der Waals surface area contributed by atoms with Crippen LogP contribution in [-0.4, -0.2) is 50.3 Å². The first-order chi connectivity index (χ1) is 17.6. The Morgan fingerprint density at radius 1 is 1.05 bits per heavy atom. The molecule has 3 aromatic carbocycles. The maximum absolute atomic E-state index is 13.6. The van der Waals surface area contributed by atoms with Crippen molar-refractivity contribution in [1.82, 2.24) is 9.62 Å². The second kappa shape index (κ2) is 12.1. The van der Waals surface area contributed by atoms with E-state index in [0.29, 0.717) is 41.5 Å². The number of anilines is 1. The van der Waals surface area contributed by atoms with Gasteiger partial charge in [0.15, 0.2) is 0 Å². The minimum absolute atomic E-state index is 0. The lowest BCUT2D eigenvalue weighted by molar-refractivity contribution is -0.134. The quantitative estimate of drug-likeness (QED) is 0.414. The SMILES string of the molecule is C.CC[C@@H]1CN(C(=O)[C@H](C)N)CC[C@@H]1NS(=O)(=O)c1ccc(NC(=O)c2ccccc2C)c2ccccc12. The summed E-state index contributed by atoms with van der Waals surface area (Å²) in [6.45, 7) is 6.45. The molecule has 3 atom stereocenters. The van der Waals surface area contributed by atoms with E-state index in [9.17, 15) is 18.0 Å². The van der Waals surface area contributed by atoms with Crippen molar-refractivity contribution >= 4 is 38.3 Å². The molecule has 1 aliphatic rings. The number of carbonyl (C=O) groups is 2. The van der Waals surface area contributed by atoms with Gasteiger partial charge in [0.1, 0.15) is 0 Å². The topological polar surface area (TPSA) is 122 Å². The molecular weight excluding hydrogens is 500 g/mol. The summed E-state index contributed by atoms with van der Waals surface area (Å²) >= 11 is 0. The molecule has 0 bridgehead atoms. The van der Waals surface area contributed by atoms with E-state index in [0.717, 1.165) is 12.0 Å². The number of nitrogens with one attached hydrogen (secondary N) is 2. The summed E-state index contributed by atoms with van der Waals surface area (Å²) < 4.78 is 30.1. The molecule has 0 unspecified atom stereocenters. The Morgan fingerprint density at radius 3 is 2.37 bits per heavy atom. The Bertz CT molecular complexity index is 1420. The van der Waals surface area contributed by atoms with Crippen molar-refractivity contribution in [1.29, 1.82) is 0 Å². The van der Waals surface area contributed by atoms with Crippen molar-refractivity contribution in [2.45, 2.75) is 58.0 Å². The molecule has 3 aromatic rings. The van der Waals surface area contributed by atoms with Crippen LogP contribution in [0, 0.1) is 12.8 Å². The van der Waals surface area contributed by atoms with Gasteiger partial charge in [0, 0.05) is 41.2 Å². The van der Waals surface area contributed by atoms with E-state index in [1.807, 2.05) is 38.1 Å². The summed E-state index contributed by atoms with van der Waals surface area (Å²) in [6, 6.07) is 16.7. The molecule has 2 amide bonds. The number of hydrogen-bond donors (Lipinski definition) is 3. The average Bonchev–Trinajstić information content (AvgIpc) is 2.88. The van der Waals surface area contributed by atoms with Crippen molar-refractivity contribution in [3.05, 3.63) is 71.8 Å². The number of rotatable bonds is 7. The lowest BCUT2D eigenvalue weighted by Gasteiger charge is -2.39. The molecule has 0 saturated carbocycles. The van der Waals surface area contributed by atoms with Gasteiger partial charge in [0.25, 0.3) is 5.91 Å². The minimum Gasteiger partial charge on any atom is -0.341 e. The number of nitrogens with two attached hydrogens (primary N) is 1. The molecule has 4 N–H and O–H groups in total. The second-order valence-electron chi connectivity index (χ2n) is 9.68. The maximum atomic E-state index is 13.6. The van der Waals surface area contributed by atoms with E-state index in [1.54, 1.807) is 42.2 Å². The van der Waals surface area contributed by atoms with Crippen LogP contribution in [0.4, 0.5) is 5.69 Å². The van der Waals surface area contributed by atoms with E-state index in [4.69, 9.17) is 5.73 Å². The first-order valence-corrected chi connectivity index (χ1v) is 14.1. The Labute approximate surface area is 225 Å². The number of sulfonamides is 1. The van der Waals surface area contributed by atoms with Crippen LogP contribution < -0.4 is 15.8 Å². The van der Waals surface area contributed by atoms with Crippen LogP contribution in [0.15, 0.2) is 65.6 Å². The molecule has 38 heavy (non-hydrogen) atoms. The van der Waals surface area contributed by atoms with Gasteiger partial charge in [-0.2, -0.15) is 0 Å². The molecule has 9 heteroatoms. The van der Waals surface area contributed by atoms with Gasteiger partial charge in [-0.25, -0.2) is 13.1 Å². The highest BCUT2D eigenvalue weighted by Crippen LogP contribution is 2.31. The number of carbonyl (C=O) groups excluding carboxylic acids is 2. The summed E-state index contributed by atoms with van der Waals surface area (Å²) in [6.07, 6.45) is 1.24. The third-order valence-electron chi connectivity index (χ3n) is 7.08. The first-order valence-electron chi connectivity index (χ1n) is 12.6. The van der Waals surface area contributed by atoms with Crippen LogP contribution in [0.1, 0.15) is 50.0 Å². The van der Waals surface area contributed by atoms with Crippen LogP contribution in [0.25, 0.3) is 10.8 Å². The van der Waals surface area contributed by atoms with E-state index in [2.05, 4.69) is 10.0 Å². The Hall–Kier alpha value is -3.27. The molecule has 1 fully saturated rings. The predicted octanol–water partition coefficient (Wildman–Crippen LogP) is 4.29. The normalized spacial score (nSPS) is 18.5. The van der Waals surface area contributed by atoms with Gasteiger partial charge < -0.3 is 16.0 Å². The average molecular weight is 539 g/mol. The van der Waals surface area contributed by atoms with Gasteiger partial charge in [0.2, 0.25) is 15.9 Å². The van der Waals surface area contributed by atoms with Gasteiger partial charge in [-0.15, -0.1) is 0 Å². The van der Waals surface area contributed by atoms with Crippen molar-refractivity contribution in [3.63, 3.8) is 0 Å². The molecule has 0 spiro atoms. The largest absolute Gasteiger partial charge is 0.341 e. The third kappa shape index (κ3) is 6.06. The lowest BCUT2D eigenvalue weighted by Crippen LogP contribution is -2.54. The van der Waals surface area contributed by atoms with E-state index >= 15 is 0 Å². The molecule has 204 valence electrons. The maximum Gasteiger partial charge on any atom is 0.255 e.